The third-order valence-electron chi connectivity index (χ3n) is 2.22. The van der Waals surface area contributed by atoms with Crippen molar-refractivity contribution in [2.24, 2.45) is 0 Å². The molecule has 2 N–H and O–H groups in total. The van der Waals surface area contributed by atoms with Gasteiger partial charge in [-0.3, -0.25) is 20.0 Å². The minimum Gasteiger partial charge on any atom is -0.337 e. The van der Waals surface area contributed by atoms with Gasteiger partial charge in [0.05, 0.1) is 5.39 Å². The average molecular weight is 236 g/mol. The van der Waals surface area contributed by atoms with Gasteiger partial charge in [0, 0.05) is 12.5 Å². The van der Waals surface area contributed by atoms with Crippen molar-refractivity contribution < 1.29 is 4.55 Å². The van der Waals surface area contributed by atoms with Gasteiger partial charge in [0.1, 0.15) is 15.4 Å². The average Bonchev–Trinajstić information content (AvgIpc) is 2.26. The zero-order valence-electron chi connectivity index (χ0n) is 8.35. The molecule has 0 aliphatic carbocycles. The van der Waals surface area contributed by atoms with Crippen LogP contribution in [0.1, 0.15) is 0 Å². The van der Waals surface area contributed by atoms with Crippen LogP contribution in [0.25, 0.3) is 10.9 Å². The topological polar surface area (TPSA) is 91.1 Å². The summed E-state index contributed by atoms with van der Waals surface area (Å²) in [5.74, 6) is 0. The zero-order valence-corrected chi connectivity index (χ0v) is 9.17. The van der Waals surface area contributed by atoms with Crippen LogP contribution in [-0.2, 0) is 0 Å². The zero-order chi connectivity index (χ0) is 11.9. The first-order valence-electron chi connectivity index (χ1n) is 4.39. The smallest absolute Gasteiger partial charge is 0.222 e. The molecule has 82 valence electrons. The van der Waals surface area contributed by atoms with Crippen molar-refractivity contribution in [1.82, 2.24) is 4.98 Å². The van der Waals surface area contributed by atoms with E-state index in [9.17, 15) is 14.1 Å². The minimum atomic E-state index is -1.41. The Kier molecular flexibility index (Phi) is 2.53. The lowest BCUT2D eigenvalue weighted by Crippen LogP contribution is -2.31. The van der Waals surface area contributed by atoms with Gasteiger partial charge in [-0.15, -0.1) is 0 Å². The molecule has 1 aromatic heterocycles. The van der Waals surface area contributed by atoms with E-state index in [2.05, 4.69) is 4.98 Å². The van der Waals surface area contributed by atoms with Crippen molar-refractivity contribution in [3.63, 3.8) is 0 Å². The van der Waals surface area contributed by atoms with E-state index in [1.54, 1.807) is 0 Å². The quantitative estimate of drug-likeness (QED) is 0.640. The molecule has 1 aromatic carbocycles. The number of aromatic nitrogens is 1. The summed E-state index contributed by atoms with van der Waals surface area (Å²) in [6.07, 6.45) is 2.78. The van der Waals surface area contributed by atoms with E-state index < -0.39 is 27.0 Å². The molecule has 2 rings (SSSR count). The van der Waals surface area contributed by atoms with Crippen molar-refractivity contribution in [3.05, 3.63) is 48.6 Å². The molecule has 1 heterocycles. The van der Waals surface area contributed by atoms with Gasteiger partial charge in [-0.25, -0.2) is 0 Å². The van der Waals surface area contributed by atoms with Gasteiger partial charge in [-0.2, -0.15) is 0 Å². The molecular weight excluding hydrogens is 228 g/mol. The Balaban J connectivity index is 3.36. The Morgan fingerprint density at radius 1 is 1.38 bits per heavy atom. The fourth-order valence-electron chi connectivity index (χ4n) is 1.51. The van der Waals surface area contributed by atoms with E-state index in [-0.39, 0.29) is 15.4 Å². The van der Waals surface area contributed by atoms with Crippen LogP contribution in [0.2, 0.25) is 0 Å². The summed E-state index contributed by atoms with van der Waals surface area (Å²) >= 11 is 0. The summed E-state index contributed by atoms with van der Waals surface area (Å²) in [5.41, 5.74) is -1.08. The summed E-state index contributed by atoms with van der Waals surface area (Å²) in [7, 11) is -1.41. The molecule has 0 amide bonds. The molecule has 2 aromatic rings. The molecule has 0 radical (unpaired) electrons. The number of nitrogens with zero attached hydrogens (tertiary/aromatic N) is 1. The molecule has 0 bridgehead atoms. The Morgan fingerprint density at radius 2 is 2.06 bits per heavy atom. The predicted molar refractivity (Wildman–Crippen MR) is 61.9 cm³/mol. The van der Waals surface area contributed by atoms with Crippen LogP contribution in [-0.4, -0.2) is 15.8 Å². The molecule has 5 nitrogen and oxygen atoms in total. The Labute approximate surface area is 92.0 Å². The molecule has 0 fully saturated rings. The summed E-state index contributed by atoms with van der Waals surface area (Å²) in [6, 6.07) is 2.99. The highest BCUT2D eigenvalue weighted by Gasteiger charge is 2.09. The van der Waals surface area contributed by atoms with E-state index in [1.165, 1.54) is 24.6 Å². The van der Waals surface area contributed by atoms with Crippen LogP contribution in [0.15, 0.2) is 27.9 Å². The van der Waals surface area contributed by atoms with Crippen LogP contribution < -0.4 is 16.2 Å². The number of rotatable bonds is 0. The van der Waals surface area contributed by atoms with Crippen molar-refractivity contribution >= 4 is 21.7 Å². The van der Waals surface area contributed by atoms with Crippen LogP contribution in [0.5, 0.6) is 0 Å². The molecule has 0 saturated carbocycles. The number of fused-ring (bicyclic) bond motifs is 1. The van der Waals surface area contributed by atoms with E-state index in [0.717, 1.165) is 0 Å². The normalized spacial score (nSPS) is 14.0. The van der Waals surface area contributed by atoms with Crippen LogP contribution >= 0.6 is 10.8 Å². The number of pyridine rings is 1. The lowest BCUT2D eigenvalue weighted by molar-refractivity contribution is 0.662. The second-order valence-corrected chi connectivity index (χ2v) is 4.60. The standard InChI is InChI=1S/C10H8N2O3S/c1-16(15)10-6(11)8(13)5-3-2-4-12-7(5)9(10)14/h2-4,11,15H,1H3. The molecular formula is C10H8N2O3S. The van der Waals surface area contributed by atoms with Gasteiger partial charge >= 0.3 is 0 Å². The summed E-state index contributed by atoms with van der Waals surface area (Å²) < 4.78 is 9.25. The van der Waals surface area contributed by atoms with Gasteiger partial charge in [-0.1, -0.05) is 10.8 Å². The first-order valence-corrected chi connectivity index (χ1v) is 5.98. The summed E-state index contributed by atoms with van der Waals surface area (Å²) in [4.78, 5) is 27.4. The third kappa shape index (κ3) is 1.43. The van der Waals surface area contributed by atoms with Gasteiger partial charge < -0.3 is 4.55 Å². The van der Waals surface area contributed by atoms with Crippen molar-refractivity contribution in [2.45, 2.75) is 0 Å². The van der Waals surface area contributed by atoms with Gasteiger partial charge in [-0.05, 0) is 12.1 Å². The number of hydrogen-bond donors (Lipinski definition) is 2. The Hall–Kier alpha value is -1.66. The van der Waals surface area contributed by atoms with Gasteiger partial charge in [0.2, 0.25) is 10.9 Å². The van der Waals surface area contributed by atoms with Crippen molar-refractivity contribution in [2.75, 3.05) is 6.26 Å². The highest BCUT2D eigenvalue weighted by Crippen LogP contribution is 2.03. The molecule has 0 aliphatic rings. The SMILES string of the molecule is CS(O)=c1c(=N)c(=O)c2cccnc2c1=O. The number of benzene rings is 1. The van der Waals surface area contributed by atoms with Crippen LogP contribution in [0, 0.1) is 9.92 Å². The fourth-order valence-corrected chi connectivity index (χ4v) is 2.26. The van der Waals surface area contributed by atoms with Crippen molar-refractivity contribution in [3.8, 4) is 0 Å². The lowest BCUT2D eigenvalue weighted by Gasteiger charge is -1.95. The van der Waals surface area contributed by atoms with E-state index in [4.69, 9.17) is 5.41 Å². The Morgan fingerprint density at radius 3 is 2.69 bits per heavy atom. The first-order chi connectivity index (χ1) is 7.54. The molecule has 6 heteroatoms. The maximum atomic E-state index is 11.9. The first kappa shape index (κ1) is 10.8. The molecule has 0 saturated heterocycles. The summed E-state index contributed by atoms with van der Waals surface area (Å²) in [6.45, 7) is 0. The maximum Gasteiger partial charge on any atom is 0.222 e. The fraction of sp³-hybridized carbons (Fsp3) is 0.100. The van der Waals surface area contributed by atoms with E-state index >= 15 is 0 Å². The maximum absolute atomic E-state index is 11.9. The molecule has 1 atom stereocenters. The highest BCUT2D eigenvalue weighted by atomic mass is 32.2. The largest absolute Gasteiger partial charge is 0.337 e. The van der Waals surface area contributed by atoms with E-state index in [1.807, 2.05) is 0 Å². The third-order valence-corrected chi connectivity index (χ3v) is 3.20. The minimum absolute atomic E-state index is 0.0203. The molecule has 16 heavy (non-hydrogen) atoms. The van der Waals surface area contributed by atoms with Crippen molar-refractivity contribution in [1.29, 1.82) is 5.41 Å². The van der Waals surface area contributed by atoms with Gasteiger partial charge in [0.25, 0.3) is 0 Å². The Bertz CT molecular complexity index is 784. The van der Waals surface area contributed by atoms with Crippen LogP contribution in [0.3, 0.4) is 0 Å². The second kappa shape index (κ2) is 3.73. The highest BCUT2D eigenvalue weighted by molar-refractivity contribution is 8.03. The molecule has 0 aliphatic heterocycles. The molecule has 0 spiro atoms. The predicted octanol–water partition coefficient (Wildman–Crippen LogP) is 0.214. The van der Waals surface area contributed by atoms with Crippen LogP contribution in [0.4, 0.5) is 0 Å². The number of nitrogens with one attached hydrogen (secondary N) is 1. The van der Waals surface area contributed by atoms with Gasteiger partial charge in [0.15, 0.2) is 0 Å². The summed E-state index contributed by atoms with van der Waals surface area (Å²) in [5, 5.41) is 7.25. The molecule has 1 unspecified atom stereocenters. The number of hydrogen-bond acceptors (Lipinski definition) is 5. The second-order valence-electron chi connectivity index (χ2n) is 3.24. The monoisotopic (exact) mass is 236 g/mol. The lowest BCUT2D eigenvalue weighted by atomic mass is 10.2. The van der Waals surface area contributed by atoms with E-state index in [0.29, 0.717) is 0 Å².